The number of nitrogens with zero attached hydrogens (tertiary/aromatic N) is 1. The van der Waals surface area contributed by atoms with E-state index in [0.717, 1.165) is 25.9 Å². The highest BCUT2D eigenvalue weighted by molar-refractivity contribution is 5.76. The van der Waals surface area contributed by atoms with Crippen LogP contribution in [0.15, 0.2) is 0 Å². The maximum atomic E-state index is 11.6. The molecule has 0 atom stereocenters. The average Bonchev–Trinajstić information content (AvgIpc) is 2.33. The molecular formula is C13H27NO. The fourth-order valence-corrected chi connectivity index (χ4v) is 1.83. The van der Waals surface area contributed by atoms with Gasteiger partial charge in [0.15, 0.2) is 0 Å². The Morgan fingerprint density at radius 1 is 1.07 bits per heavy atom. The van der Waals surface area contributed by atoms with Gasteiger partial charge in [0.2, 0.25) is 5.91 Å². The van der Waals surface area contributed by atoms with Crippen LogP contribution in [-0.4, -0.2) is 23.9 Å². The standard InChI is InChI=1S/C11H21NO.C2H6/c1-2-3-5-8-11(13)12-9-6-4-7-10-12;1-2/h2-10H2,1H3;1-2H3. The van der Waals surface area contributed by atoms with E-state index in [9.17, 15) is 4.79 Å². The molecule has 15 heavy (non-hydrogen) atoms. The van der Waals surface area contributed by atoms with Gasteiger partial charge in [-0.1, -0.05) is 33.6 Å². The SMILES string of the molecule is CC.CCCCCC(=O)N1CCCCC1. The molecule has 90 valence electrons. The van der Waals surface area contributed by atoms with E-state index in [1.54, 1.807) is 0 Å². The van der Waals surface area contributed by atoms with Crippen LogP contribution in [0.4, 0.5) is 0 Å². The van der Waals surface area contributed by atoms with Crippen LogP contribution in [-0.2, 0) is 4.79 Å². The van der Waals surface area contributed by atoms with Crippen LogP contribution in [0.25, 0.3) is 0 Å². The molecule has 0 saturated carbocycles. The molecular weight excluding hydrogens is 186 g/mol. The zero-order chi connectivity index (χ0) is 11.5. The summed E-state index contributed by atoms with van der Waals surface area (Å²) in [5.41, 5.74) is 0. The van der Waals surface area contributed by atoms with Gasteiger partial charge in [0, 0.05) is 19.5 Å². The largest absolute Gasteiger partial charge is 0.343 e. The topological polar surface area (TPSA) is 20.3 Å². The van der Waals surface area contributed by atoms with Crippen molar-refractivity contribution in [1.82, 2.24) is 4.90 Å². The summed E-state index contributed by atoms with van der Waals surface area (Å²) in [6.45, 7) is 8.18. The van der Waals surface area contributed by atoms with Crippen LogP contribution >= 0.6 is 0 Å². The van der Waals surface area contributed by atoms with Crippen LogP contribution in [0.5, 0.6) is 0 Å². The Labute approximate surface area is 95.0 Å². The smallest absolute Gasteiger partial charge is 0.222 e. The molecule has 0 bridgehead atoms. The molecule has 0 spiro atoms. The van der Waals surface area contributed by atoms with E-state index in [4.69, 9.17) is 0 Å². The quantitative estimate of drug-likeness (QED) is 0.653. The number of hydrogen-bond acceptors (Lipinski definition) is 1. The molecule has 0 aromatic carbocycles. The number of carbonyl (C=O) groups excluding carboxylic acids is 1. The Morgan fingerprint density at radius 3 is 2.20 bits per heavy atom. The number of hydrogen-bond donors (Lipinski definition) is 0. The van der Waals surface area contributed by atoms with Gasteiger partial charge in [-0.25, -0.2) is 0 Å². The highest BCUT2D eigenvalue weighted by atomic mass is 16.2. The van der Waals surface area contributed by atoms with Crippen molar-refractivity contribution in [1.29, 1.82) is 0 Å². The number of piperidine rings is 1. The molecule has 2 heteroatoms. The number of amides is 1. The second kappa shape index (κ2) is 10.0. The zero-order valence-corrected chi connectivity index (χ0v) is 10.7. The van der Waals surface area contributed by atoms with Gasteiger partial charge in [-0.05, 0) is 25.7 Å². The number of carbonyl (C=O) groups is 1. The van der Waals surface area contributed by atoms with Gasteiger partial charge in [-0.2, -0.15) is 0 Å². The van der Waals surface area contributed by atoms with Gasteiger partial charge in [0.1, 0.15) is 0 Å². The molecule has 1 aliphatic heterocycles. The fourth-order valence-electron chi connectivity index (χ4n) is 1.83. The lowest BCUT2D eigenvalue weighted by Crippen LogP contribution is -2.35. The summed E-state index contributed by atoms with van der Waals surface area (Å²) in [7, 11) is 0. The maximum Gasteiger partial charge on any atom is 0.222 e. The van der Waals surface area contributed by atoms with Crippen molar-refractivity contribution in [2.24, 2.45) is 0 Å². The molecule has 0 aliphatic carbocycles. The first-order valence-corrected chi connectivity index (χ1v) is 6.62. The van der Waals surface area contributed by atoms with Crippen molar-refractivity contribution in [3.63, 3.8) is 0 Å². The summed E-state index contributed by atoms with van der Waals surface area (Å²) in [6.07, 6.45) is 7.96. The Hall–Kier alpha value is -0.530. The summed E-state index contributed by atoms with van der Waals surface area (Å²) in [5, 5.41) is 0. The van der Waals surface area contributed by atoms with Crippen molar-refractivity contribution >= 4 is 5.91 Å². The number of unbranched alkanes of at least 4 members (excludes halogenated alkanes) is 2. The molecule has 1 amide bonds. The lowest BCUT2D eigenvalue weighted by atomic mass is 10.1. The lowest BCUT2D eigenvalue weighted by Gasteiger charge is -2.26. The molecule has 1 aliphatic rings. The van der Waals surface area contributed by atoms with Crippen LogP contribution in [0.1, 0.15) is 65.7 Å². The second-order valence-electron chi connectivity index (χ2n) is 3.90. The zero-order valence-electron chi connectivity index (χ0n) is 10.7. The highest BCUT2D eigenvalue weighted by Gasteiger charge is 2.15. The lowest BCUT2D eigenvalue weighted by molar-refractivity contribution is -0.132. The van der Waals surface area contributed by atoms with Gasteiger partial charge in [-0.15, -0.1) is 0 Å². The minimum absolute atomic E-state index is 0.383. The minimum Gasteiger partial charge on any atom is -0.343 e. The monoisotopic (exact) mass is 213 g/mol. The van der Waals surface area contributed by atoms with Crippen molar-refractivity contribution in [2.45, 2.75) is 65.7 Å². The third-order valence-corrected chi connectivity index (χ3v) is 2.70. The van der Waals surface area contributed by atoms with E-state index in [1.807, 2.05) is 18.7 Å². The van der Waals surface area contributed by atoms with Crippen molar-refractivity contribution < 1.29 is 4.79 Å². The Bertz CT molecular complexity index is 151. The molecule has 1 saturated heterocycles. The average molecular weight is 213 g/mol. The third-order valence-electron chi connectivity index (χ3n) is 2.70. The molecule has 0 radical (unpaired) electrons. The molecule has 0 aromatic heterocycles. The van der Waals surface area contributed by atoms with Crippen LogP contribution in [0.3, 0.4) is 0 Å². The fraction of sp³-hybridized carbons (Fsp3) is 0.923. The van der Waals surface area contributed by atoms with Gasteiger partial charge in [0.05, 0.1) is 0 Å². The predicted molar refractivity (Wildman–Crippen MR) is 65.9 cm³/mol. The Balaban J connectivity index is 0.000000921. The van der Waals surface area contributed by atoms with E-state index < -0.39 is 0 Å². The Kier molecular flexibility index (Phi) is 9.65. The third kappa shape index (κ3) is 6.53. The summed E-state index contributed by atoms with van der Waals surface area (Å²) in [6, 6.07) is 0. The van der Waals surface area contributed by atoms with Crippen molar-refractivity contribution in [3.8, 4) is 0 Å². The maximum absolute atomic E-state index is 11.6. The highest BCUT2D eigenvalue weighted by Crippen LogP contribution is 2.11. The number of likely N-dealkylation sites (tertiary alicyclic amines) is 1. The predicted octanol–water partition coefficient (Wildman–Crippen LogP) is 3.61. The number of rotatable bonds is 4. The summed E-state index contributed by atoms with van der Waals surface area (Å²) < 4.78 is 0. The summed E-state index contributed by atoms with van der Waals surface area (Å²) in [4.78, 5) is 13.6. The molecule has 2 nitrogen and oxygen atoms in total. The first kappa shape index (κ1) is 14.5. The first-order valence-electron chi connectivity index (χ1n) is 6.62. The molecule has 0 N–H and O–H groups in total. The van der Waals surface area contributed by atoms with E-state index in [2.05, 4.69) is 6.92 Å². The van der Waals surface area contributed by atoms with Crippen molar-refractivity contribution in [2.75, 3.05) is 13.1 Å². The van der Waals surface area contributed by atoms with E-state index in [0.29, 0.717) is 5.91 Å². The van der Waals surface area contributed by atoms with E-state index >= 15 is 0 Å². The van der Waals surface area contributed by atoms with Gasteiger partial charge in [0.25, 0.3) is 0 Å². The van der Waals surface area contributed by atoms with Crippen LogP contribution in [0.2, 0.25) is 0 Å². The summed E-state index contributed by atoms with van der Waals surface area (Å²) in [5.74, 6) is 0.383. The minimum atomic E-state index is 0.383. The Morgan fingerprint density at radius 2 is 1.67 bits per heavy atom. The molecule has 1 fully saturated rings. The summed E-state index contributed by atoms with van der Waals surface area (Å²) >= 11 is 0. The molecule has 1 heterocycles. The van der Waals surface area contributed by atoms with Gasteiger partial charge >= 0.3 is 0 Å². The second-order valence-corrected chi connectivity index (χ2v) is 3.90. The first-order chi connectivity index (χ1) is 7.34. The normalized spacial score (nSPS) is 15.5. The molecule has 1 rings (SSSR count). The van der Waals surface area contributed by atoms with E-state index in [1.165, 1.54) is 32.1 Å². The molecule has 0 unspecified atom stereocenters. The van der Waals surface area contributed by atoms with Gasteiger partial charge < -0.3 is 4.90 Å². The van der Waals surface area contributed by atoms with Crippen molar-refractivity contribution in [3.05, 3.63) is 0 Å². The molecule has 0 aromatic rings. The van der Waals surface area contributed by atoms with Gasteiger partial charge in [-0.3, -0.25) is 4.79 Å². The van der Waals surface area contributed by atoms with Crippen LogP contribution < -0.4 is 0 Å². The van der Waals surface area contributed by atoms with Crippen LogP contribution in [0, 0.1) is 0 Å². The van der Waals surface area contributed by atoms with E-state index in [-0.39, 0.29) is 0 Å².